The molecule has 0 radical (unpaired) electrons. The Bertz CT molecular complexity index is 551. The van der Waals surface area contributed by atoms with E-state index in [4.69, 9.17) is 11.6 Å². The number of carbonyl (C=O) groups excluding carboxylic acids is 1. The fraction of sp³-hybridized carbons (Fsp3) is 0.286. The lowest BCUT2D eigenvalue weighted by Crippen LogP contribution is -2.28. The first kappa shape index (κ1) is 12.8. The molecule has 0 atom stereocenters. The topological polar surface area (TPSA) is 33.2 Å². The Morgan fingerprint density at radius 2 is 2.11 bits per heavy atom. The Morgan fingerprint density at radius 3 is 2.89 bits per heavy atom. The predicted octanol–water partition coefficient (Wildman–Crippen LogP) is 2.94. The van der Waals surface area contributed by atoms with Gasteiger partial charge in [-0.1, -0.05) is 18.2 Å². The largest absolute Gasteiger partial charge is 0.342 e. The van der Waals surface area contributed by atoms with E-state index < -0.39 is 0 Å². The Hall–Kier alpha value is -1.61. The van der Waals surface area contributed by atoms with Crippen molar-refractivity contribution >= 4 is 28.4 Å². The smallest absolute Gasteiger partial charge is 0.255 e. The van der Waals surface area contributed by atoms with Crippen LogP contribution in [-0.4, -0.2) is 35.3 Å². The molecule has 2 aromatic rings. The zero-order valence-electron chi connectivity index (χ0n) is 10.3. The molecule has 0 bridgehead atoms. The number of pyridine rings is 1. The highest BCUT2D eigenvalue weighted by Crippen LogP contribution is 2.17. The van der Waals surface area contributed by atoms with Crippen LogP contribution < -0.4 is 0 Å². The number of hydrogen-bond donors (Lipinski definition) is 0. The standard InChI is InChI=1S/C14H15ClN2O/c1-17(10-4-8-15)14(18)12-7-2-5-11-6-3-9-16-13(11)12/h2-3,5-7,9H,4,8,10H2,1H3. The molecule has 0 aliphatic heterocycles. The van der Waals surface area contributed by atoms with Gasteiger partial charge in [0.05, 0.1) is 11.1 Å². The maximum Gasteiger partial charge on any atom is 0.255 e. The molecule has 0 fully saturated rings. The van der Waals surface area contributed by atoms with Gasteiger partial charge in [-0.25, -0.2) is 0 Å². The van der Waals surface area contributed by atoms with Crippen LogP contribution in [0.4, 0.5) is 0 Å². The molecule has 0 spiro atoms. The van der Waals surface area contributed by atoms with Crippen LogP contribution in [0.1, 0.15) is 16.8 Å². The number of halogens is 1. The number of para-hydroxylation sites is 1. The highest BCUT2D eigenvalue weighted by atomic mass is 35.5. The first-order valence-electron chi connectivity index (χ1n) is 5.89. The van der Waals surface area contributed by atoms with Crippen molar-refractivity contribution in [2.75, 3.05) is 19.5 Å². The maximum atomic E-state index is 12.3. The van der Waals surface area contributed by atoms with Gasteiger partial charge in [-0.15, -0.1) is 11.6 Å². The van der Waals surface area contributed by atoms with Gasteiger partial charge >= 0.3 is 0 Å². The summed E-state index contributed by atoms with van der Waals surface area (Å²) >= 11 is 5.64. The van der Waals surface area contributed by atoms with E-state index >= 15 is 0 Å². The van der Waals surface area contributed by atoms with Gasteiger partial charge in [0.2, 0.25) is 0 Å². The van der Waals surface area contributed by atoms with Gasteiger partial charge < -0.3 is 4.90 Å². The average molecular weight is 263 g/mol. The Kier molecular flexibility index (Phi) is 4.15. The van der Waals surface area contributed by atoms with Gasteiger partial charge in [-0.05, 0) is 18.6 Å². The molecule has 3 nitrogen and oxygen atoms in total. The third-order valence-electron chi connectivity index (χ3n) is 2.84. The second-order valence-corrected chi connectivity index (χ2v) is 4.53. The first-order valence-corrected chi connectivity index (χ1v) is 6.42. The Labute approximate surface area is 111 Å². The minimum Gasteiger partial charge on any atom is -0.342 e. The zero-order chi connectivity index (χ0) is 13.0. The molecule has 4 heteroatoms. The summed E-state index contributed by atoms with van der Waals surface area (Å²) in [5.74, 6) is 0.551. The summed E-state index contributed by atoms with van der Waals surface area (Å²) in [4.78, 5) is 18.3. The van der Waals surface area contributed by atoms with Crippen molar-refractivity contribution in [2.45, 2.75) is 6.42 Å². The lowest BCUT2D eigenvalue weighted by molar-refractivity contribution is 0.0797. The van der Waals surface area contributed by atoms with E-state index in [0.29, 0.717) is 18.0 Å². The van der Waals surface area contributed by atoms with Gasteiger partial charge in [0.1, 0.15) is 0 Å². The van der Waals surface area contributed by atoms with Gasteiger partial charge in [0.25, 0.3) is 5.91 Å². The van der Waals surface area contributed by atoms with Crippen LogP contribution in [0.5, 0.6) is 0 Å². The molecule has 18 heavy (non-hydrogen) atoms. The molecule has 0 unspecified atom stereocenters. The molecule has 1 amide bonds. The first-order chi connectivity index (χ1) is 8.74. The van der Waals surface area contributed by atoms with Crippen molar-refractivity contribution in [3.8, 4) is 0 Å². The third kappa shape index (κ3) is 2.62. The van der Waals surface area contributed by atoms with Crippen LogP contribution in [0.2, 0.25) is 0 Å². The fourth-order valence-electron chi connectivity index (χ4n) is 1.88. The van der Waals surface area contributed by atoms with E-state index in [2.05, 4.69) is 4.98 Å². The van der Waals surface area contributed by atoms with Crippen molar-refractivity contribution in [1.82, 2.24) is 9.88 Å². The van der Waals surface area contributed by atoms with Crippen LogP contribution in [-0.2, 0) is 0 Å². The van der Waals surface area contributed by atoms with E-state index in [9.17, 15) is 4.79 Å². The number of carbonyl (C=O) groups is 1. The monoisotopic (exact) mass is 262 g/mol. The van der Waals surface area contributed by atoms with Gasteiger partial charge in [0.15, 0.2) is 0 Å². The number of nitrogens with zero attached hydrogens (tertiary/aromatic N) is 2. The number of benzene rings is 1. The van der Waals surface area contributed by atoms with Crippen LogP contribution in [0.3, 0.4) is 0 Å². The van der Waals surface area contributed by atoms with E-state index in [0.717, 1.165) is 17.3 Å². The Morgan fingerprint density at radius 1 is 1.33 bits per heavy atom. The van der Waals surface area contributed by atoms with Gasteiger partial charge in [-0.2, -0.15) is 0 Å². The second kappa shape index (κ2) is 5.83. The van der Waals surface area contributed by atoms with Crippen LogP contribution in [0, 0.1) is 0 Å². The number of hydrogen-bond acceptors (Lipinski definition) is 2. The molecular weight excluding hydrogens is 248 g/mol. The molecule has 0 aliphatic carbocycles. The number of amides is 1. The predicted molar refractivity (Wildman–Crippen MR) is 74.0 cm³/mol. The van der Waals surface area contributed by atoms with Crippen LogP contribution in [0.15, 0.2) is 36.5 Å². The molecule has 0 saturated carbocycles. The summed E-state index contributed by atoms with van der Waals surface area (Å²) in [6, 6.07) is 9.48. The quantitative estimate of drug-likeness (QED) is 0.794. The lowest BCUT2D eigenvalue weighted by Gasteiger charge is -2.17. The fourth-order valence-corrected chi connectivity index (χ4v) is 2.00. The molecule has 94 valence electrons. The lowest BCUT2D eigenvalue weighted by atomic mass is 10.1. The summed E-state index contributed by atoms with van der Waals surface area (Å²) in [7, 11) is 1.79. The third-order valence-corrected chi connectivity index (χ3v) is 3.10. The summed E-state index contributed by atoms with van der Waals surface area (Å²) in [5, 5.41) is 0.981. The van der Waals surface area contributed by atoms with Crippen molar-refractivity contribution in [3.05, 3.63) is 42.1 Å². The van der Waals surface area contributed by atoms with Gasteiger partial charge in [-0.3, -0.25) is 9.78 Å². The van der Waals surface area contributed by atoms with E-state index in [-0.39, 0.29) is 5.91 Å². The van der Waals surface area contributed by atoms with E-state index in [1.54, 1.807) is 18.1 Å². The molecule has 0 aliphatic rings. The minimum atomic E-state index is -0.00980. The zero-order valence-corrected chi connectivity index (χ0v) is 11.0. The number of aromatic nitrogens is 1. The number of rotatable bonds is 4. The SMILES string of the molecule is CN(CCCCl)C(=O)c1cccc2cccnc12. The molecule has 1 aromatic heterocycles. The van der Waals surface area contributed by atoms with Crippen molar-refractivity contribution in [2.24, 2.45) is 0 Å². The summed E-state index contributed by atoms with van der Waals surface area (Å²) < 4.78 is 0. The molecule has 1 heterocycles. The van der Waals surface area contributed by atoms with Crippen molar-refractivity contribution < 1.29 is 4.79 Å². The average Bonchev–Trinajstić information content (AvgIpc) is 2.43. The summed E-state index contributed by atoms with van der Waals surface area (Å²) in [6.45, 7) is 0.658. The summed E-state index contributed by atoms with van der Waals surface area (Å²) in [5.41, 5.74) is 1.40. The van der Waals surface area contributed by atoms with Gasteiger partial charge in [0, 0.05) is 31.1 Å². The Balaban J connectivity index is 2.33. The van der Waals surface area contributed by atoms with E-state index in [1.807, 2.05) is 30.3 Å². The molecule has 2 rings (SSSR count). The highest BCUT2D eigenvalue weighted by Gasteiger charge is 2.14. The second-order valence-electron chi connectivity index (χ2n) is 4.15. The minimum absolute atomic E-state index is 0.00980. The van der Waals surface area contributed by atoms with Crippen LogP contribution >= 0.6 is 11.6 Å². The van der Waals surface area contributed by atoms with Crippen molar-refractivity contribution in [3.63, 3.8) is 0 Å². The molecule has 1 aromatic carbocycles. The van der Waals surface area contributed by atoms with Crippen molar-refractivity contribution in [1.29, 1.82) is 0 Å². The highest BCUT2D eigenvalue weighted by molar-refractivity contribution is 6.17. The number of fused-ring (bicyclic) bond motifs is 1. The molecular formula is C14H15ClN2O. The molecule has 0 N–H and O–H groups in total. The van der Waals surface area contributed by atoms with Crippen LogP contribution in [0.25, 0.3) is 10.9 Å². The van der Waals surface area contributed by atoms with E-state index in [1.165, 1.54) is 0 Å². The summed E-state index contributed by atoms with van der Waals surface area (Å²) in [6.07, 6.45) is 2.50. The molecule has 0 saturated heterocycles. The number of alkyl halides is 1. The maximum absolute atomic E-state index is 12.3. The normalized spacial score (nSPS) is 10.6.